The molecule has 2 N–H and O–H groups in total. The Kier molecular flexibility index (Phi) is 13.5. The summed E-state index contributed by atoms with van der Waals surface area (Å²) in [5.41, 5.74) is 0. The standard InChI is InChI=1S/C14H30N4O2.HI/c1-4-15-14(17-8-11-19-2)16-7-9-18(10-12-20-3)13-5-6-13;/h13H,4-12H2,1-3H3,(H2,15,16,17);1H. The Hall–Kier alpha value is -0.120. The van der Waals surface area contributed by atoms with Crippen molar-refractivity contribution < 1.29 is 9.47 Å². The quantitative estimate of drug-likeness (QED) is 0.228. The van der Waals surface area contributed by atoms with Crippen molar-refractivity contribution in [3.05, 3.63) is 0 Å². The van der Waals surface area contributed by atoms with Gasteiger partial charge in [-0.2, -0.15) is 0 Å². The lowest BCUT2D eigenvalue weighted by molar-refractivity contribution is 0.145. The van der Waals surface area contributed by atoms with Gasteiger partial charge in [-0.15, -0.1) is 24.0 Å². The number of hydrogen-bond donors (Lipinski definition) is 2. The van der Waals surface area contributed by atoms with Gasteiger partial charge in [0.05, 0.1) is 19.8 Å². The minimum atomic E-state index is 0. The van der Waals surface area contributed by atoms with Crippen LogP contribution in [0.25, 0.3) is 0 Å². The molecule has 0 radical (unpaired) electrons. The maximum absolute atomic E-state index is 5.17. The molecule has 1 rings (SSSR count). The molecule has 0 heterocycles. The van der Waals surface area contributed by atoms with Gasteiger partial charge < -0.3 is 20.1 Å². The molecule has 21 heavy (non-hydrogen) atoms. The van der Waals surface area contributed by atoms with Gasteiger partial charge in [0.15, 0.2) is 5.96 Å². The Balaban J connectivity index is 0.00000400. The van der Waals surface area contributed by atoms with E-state index in [0.717, 1.165) is 51.3 Å². The number of guanidine groups is 1. The van der Waals surface area contributed by atoms with Crippen molar-refractivity contribution in [1.82, 2.24) is 15.5 Å². The lowest BCUT2D eigenvalue weighted by Crippen LogP contribution is -2.40. The first-order valence-corrected chi connectivity index (χ1v) is 7.56. The summed E-state index contributed by atoms with van der Waals surface area (Å²) < 4.78 is 10.2. The van der Waals surface area contributed by atoms with Gasteiger partial charge in [-0.3, -0.25) is 9.89 Å². The fourth-order valence-corrected chi connectivity index (χ4v) is 2.03. The molecular formula is C14H31IN4O2. The summed E-state index contributed by atoms with van der Waals surface area (Å²) in [5.74, 6) is 0.868. The first-order valence-electron chi connectivity index (χ1n) is 7.56. The van der Waals surface area contributed by atoms with Crippen molar-refractivity contribution in [3.63, 3.8) is 0 Å². The van der Waals surface area contributed by atoms with E-state index in [1.165, 1.54) is 12.8 Å². The largest absolute Gasteiger partial charge is 0.383 e. The predicted molar refractivity (Wildman–Crippen MR) is 97.7 cm³/mol. The number of hydrogen-bond acceptors (Lipinski definition) is 4. The van der Waals surface area contributed by atoms with Crippen LogP contribution in [0.4, 0.5) is 0 Å². The molecule has 0 aromatic carbocycles. The number of methoxy groups -OCH3 is 2. The van der Waals surface area contributed by atoms with E-state index in [-0.39, 0.29) is 24.0 Å². The molecule has 0 unspecified atom stereocenters. The highest BCUT2D eigenvalue weighted by atomic mass is 127. The van der Waals surface area contributed by atoms with Crippen LogP contribution in [0, 0.1) is 0 Å². The molecule has 1 aliphatic rings. The number of halogens is 1. The number of ether oxygens (including phenoxy) is 2. The van der Waals surface area contributed by atoms with Crippen LogP contribution in [0.1, 0.15) is 19.8 Å². The molecular weight excluding hydrogens is 383 g/mol. The smallest absolute Gasteiger partial charge is 0.191 e. The normalized spacial score (nSPS) is 15.0. The summed E-state index contributed by atoms with van der Waals surface area (Å²) >= 11 is 0. The Bertz CT molecular complexity index is 276. The van der Waals surface area contributed by atoms with Gasteiger partial charge in [0.1, 0.15) is 0 Å². The molecule has 126 valence electrons. The van der Waals surface area contributed by atoms with Crippen LogP contribution in [0.2, 0.25) is 0 Å². The molecule has 7 heteroatoms. The predicted octanol–water partition coefficient (Wildman–Crippen LogP) is 0.917. The zero-order valence-electron chi connectivity index (χ0n) is 13.6. The maximum Gasteiger partial charge on any atom is 0.191 e. The molecule has 0 bridgehead atoms. The van der Waals surface area contributed by atoms with E-state index in [9.17, 15) is 0 Å². The minimum absolute atomic E-state index is 0. The Morgan fingerprint density at radius 1 is 1.14 bits per heavy atom. The van der Waals surface area contributed by atoms with E-state index in [1.807, 2.05) is 0 Å². The average Bonchev–Trinajstić information content (AvgIpc) is 3.27. The molecule has 1 aliphatic carbocycles. The molecule has 0 saturated heterocycles. The second kappa shape index (κ2) is 13.5. The van der Waals surface area contributed by atoms with E-state index in [1.54, 1.807) is 14.2 Å². The van der Waals surface area contributed by atoms with E-state index in [4.69, 9.17) is 9.47 Å². The van der Waals surface area contributed by atoms with Crippen molar-refractivity contribution >= 4 is 29.9 Å². The number of rotatable bonds is 11. The molecule has 0 aromatic rings. The average molecular weight is 414 g/mol. The zero-order chi connectivity index (χ0) is 14.6. The van der Waals surface area contributed by atoms with Gasteiger partial charge >= 0.3 is 0 Å². The highest BCUT2D eigenvalue weighted by Crippen LogP contribution is 2.26. The Morgan fingerprint density at radius 3 is 2.43 bits per heavy atom. The molecule has 0 aromatic heterocycles. The SMILES string of the molecule is CCNC(=NCCN(CCOC)C1CC1)NCCOC.I. The molecule has 6 nitrogen and oxygen atoms in total. The number of nitrogens with one attached hydrogen (secondary N) is 2. The summed E-state index contributed by atoms with van der Waals surface area (Å²) in [7, 11) is 3.46. The summed E-state index contributed by atoms with van der Waals surface area (Å²) in [5, 5.41) is 6.50. The molecule has 1 fully saturated rings. The van der Waals surface area contributed by atoms with E-state index in [2.05, 4.69) is 27.4 Å². The summed E-state index contributed by atoms with van der Waals surface area (Å²) in [6.45, 7) is 8.01. The van der Waals surface area contributed by atoms with Crippen LogP contribution in [-0.4, -0.2) is 77.1 Å². The highest BCUT2D eigenvalue weighted by Gasteiger charge is 2.27. The third-order valence-corrected chi connectivity index (χ3v) is 3.25. The van der Waals surface area contributed by atoms with Crippen LogP contribution in [0.3, 0.4) is 0 Å². The van der Waals surface area contributed by atoms with Crippen LogP contribution in [-0.2, 0) is 9.47 Å². The van der Waals surface area contributed by atoms with Crippen molar-refractivity contribution in [3.8, 4) is 0 Å². The van der Waals surface area contributed by atoms with Gasteiger partial charge in [-0.1, -0.05) is 0 Å². The third-order valence-electron chi connectivity index (χ3n) is 3.25. The lowest BCUT2D eigenvalue weighted by atomic mass is 10.4. The van der Waals surface area contributed by atoms with Crippen LogP contribution < -0.4 is 10.6 Å². The topological polar surface area (TPSA) is 58.1 Å². The van der Waals surface area contributed by atoms with Crippen LogP contribution in [0.5, 0.6) is 0 Å². The summed E-state index contributed by atoms with van der Waals surface area (Å²) in [6.07, 6.45) is 2.64. The monoisotopic (exact) mass is 414 g/mol. The minimum Gasteiger partial charge on any atom is -0.383 e. The molecule has 0 aliphatic heterocycles. The van der Waals surface area contributed by atoms with E-state index >= 15 is 0 Å². The van der Waals surface area contributed by atoms with Gasteiger partial charge in [-0.05, 0) is 19.8 Å². The first kappa shape index (κ1) is 20.9. The van der Waals surface area contributed by atoms with Crippen molar-refractivity contribution in [1.29, 1.82) is 0 Å². The van der Waals surface area contributed by atoms with Crippen LogP contribution >= 0.6 is 24.0 Å². The number of nitrogens with zero attached hydrogens (tertiary/aromatic N) is 2. The highest BCUT2D eigenvalue weighted by molar-refractivity contribution is 14.0. The molecule has 0 atom stereocenters. The van der Waals surface area contributed by atoms with Crippen molar-refractivity contribution in [2.24, 2.45) is 4.99 Å². The maximum atomic E-state index is 5.17. The fourth-order valence-electron chi connectivity index (χ4n) is 2.03. The summed E-state index contributed by atoms with van der Waals surface area (Å²) in [6, 6.07) is 0.754. The van der Waals surface area contributed by atoms with Gasteiger partial charge in [0.2, 0.25) is 0 Å². The Morgan fingerprint density at radius 2 is 1.86 bits per heavy atom. The van der Waals surface area contributed by atoms with Gasteiger partial charge in [0.25, 0.3) is 0 Å². The Labute approximate surface area is 146 Å². The van der Waals surface area contributed by atoms with Gasteiger partial charge in [0, 0.05) is 46.4 Å². The van der Waals surface area contributed by atoms with E-state index in [0.29, 0.717) is 6.61 Å². The molecule has 1 saturated carbocycles. The summed E-state index contributed by atoms with van der Waals surface area (Å²) in [4.78, 5) is 7.08. The van der Waals surface area contributed by atoms with Crippen LogP contribution in [0.15, 0.2) is 4.99 Å². The first-order chi connectivity index (χ1) is 9.81. The lowest BCUT2D eigenvalue weighted by Gasteiger charge is -2.20. The van der Waals surface area contributed by atoms with Crippen molar-refractivity contribution in [2.75, 3.05) is 60.2 Å². The second-order valence-electron chi connectivity index (χ2n) is 4.94. The van der Waals surface area contributed by atoms with Gasteiger partial charge in [-0.25, -0.2) is 0 Å². The third kappa shape index (κ3) is 10.3. The van der Waals surface area contributed by atoms with Crippen molar-refractivity contribution in [2.45, 2.75) is 25.8 Å². The molecule has 0 amide bonds. The number of aliphatic imine (C=N–C) groups is 1. The fraction of sp³-hybridized carbons (Fsp3) is 0.929. The van der Waals surface area contributed by atoms with E-state index < -0.39 is 0 Å². The molecule has 0 spiro atoms. The zero-order valence-corrected chi connectivity index (χ0v) is 15.9. The second-order valence-corrected chi connectivity index (χ2v) is 4.94.